The van der Waals surface area contributed by atoms with Crippen LogP contribution in [0.15, 0.2) is 53.8 Å². The topological polar surface area (TPSA) is 35.2 Å². The molecule has 0 bridgehead atoms. The number of H-pyrrole nitrogens is 1. The van der Waals surface area contributed by atoms with Crippen molar-refractivity contribution in [3.63, 3.8) is 0 Å². The number of fused-ring (bicyclic) bond motifs is 1. The molecule has 3 aromatic rings. The molecule has 1 aliphatic heterocycles. The van der Waals surface area contributed by atoms with E-state index < -0.39 is 11.7 Å². The van der Waals surface area contributed by atoms with Crippen LogP contribution in [0.2, 0.25) is 0 Å². The monoisotopic (exact) mass is 434 g/mol. The van der Waals surface area contributed by atoms with E-state index in [0.29, 0.717) is 5.03 Å². The third-order valence-corrected chi connectivity index (χ3v) is 6.50. The predicted molar refractivity (Wildman–Crippen MR) is 116 cm³/mol. The lowest BCUT2D eigenvalue weighted by atomic mass is 10.1. The summed E-state index contributed by atoms with van der Waals surface area (Å²) in [6.07, 6.45) is 0.685. The highest BCUT2D eigenvalue weighted by Gasteiger charge is 2.30. The maximum atomic E-state index is 12.6. The first kappa shape index (κ1) is 21.1. The predicted octanol–water partition coefficient (Wildman–Crippen LogP) is 5.28. The van der Waals surface area contributed by atoms with E-state index in [4.69, 9.17) is 0 Å². The van der Waals surface area contributed by atoms with Gasteiger partial charge in [0.1, 0.15) is 0 Å². The number of hydrogen-bond donors (Lipinski definition) is 1. The molecule has 4 nitrogen and oxygen atoms in total. The van der Waals surface area contributed by atoms with Gasteiger partial charge >= 0.3 is 6.18 Å². The summed E-state index contributed by atoms with van der Waals surface area (Å²) < 4.78 is 37.7. The fourth-order valence-corrected chi connectivity index (χ4v) is 4.65. The molecule has 0 amide bonds. The smallest absolute Gasteiger partial charge is 0.368 e. The van der Waals surface area contributed by atoms with Gasteiger partial charge in [0.25, 0.3) is 0 Å². The summed E-state index contributed by atoms with van der Waals surface area (Å²) in [7, 11) is 0. The molecule has 1 aromatic carbocycles. The molecule has 0 saturated carbocycles. The van der Waals surface area contributed by atoms with Crippen LogP contribution in [-0.4, -0.2) is 53.3 Å². The first-order chi connectivity index (χ1) is 14.5. The van der Waals surface area contributed by atoms with Crippen molar-refractivity contribution in [2.24, 2.45) is 0 Å². The number of hydrogen-bond acceptors (Lipinski definition) is 4. The molecule has 8 heteroatoms. The average molecular weight is 435 g/mol. The van der Waals surface area contributed by atoms with Gasteiger partial charge in [-0.05, 0) is 55.5 Å². The number of thioether (sulfide) groups is 1. The minimum absolute atomic E-state index is 0.649. The van der Waals surface area contributed by atoms with Crippen molar-refractivity contribution in [2.75, 3.05) is 43.4 Å². The molecule has 1 N–H and O–H groups in total. The van der Waals surface area contributed by atoms with Gasteiger partial charge in [-0.1, -0.05) is 6.07 Å². The van der Waals surface area contributed by atoms with E-state index in [-0.39, 0.29) is 0 Å². The van der Waals surface area contributed by atoms with Crippen molar-refractivity contribution >= 4 is 28.4 Å². The molecule has 4 rings (SSSR count). The molecule has 1 saturated heterocycles. The Hall–Kier alpha value is -2.19. The lowest BCUT2D eigenvalue weighted by Gasteiger charge is -2.36. The molecule has 0 aliphatic carbocycles. The number of nitrogens with zero attached hydrogens (tertiary/aromatic N) is 3. The van der Waals surface area contributed by atoms with Crippen molar-refractivity contribution in [3.05, 3.63) is 54.4 Å². The molecular formula is C22H25F3N4S. The third kappa shape index (κ3) is 5.10. The Kier molecular flexibility index (Phi) is 6.53. The zero-order valence-corrected chi connectivity index (χ0v) is 17.5. The first-order valence-corrected chi connectivity index (χ1v) is 11.2. The number of aromatic nitrogens is 2. The van der Waals surface area contributed by atoms with E-state index >= 15 is 0 Å². The zero-order valence-electron chi connectivity index (χ0n) is 16.7. The largest absolute Gasteiger partial charge is 0.417 e. The number of pyridine rings is 1. The van der Waals surface area contributed by atoms with Gasteiger partial charge in [-0.15, -0.1) is 11.8 Å². The summed E-state index contributed by atoms with van der Waals surface area (Å²) in [5, 5.41) is 1.93. The second-order valence-electron chi connectivity index (χ2n) is 7.48. The third-order valence-electron chi connectivity index (χ3n) is 5.47. The van der Waals surface area contributed by atoms with Crippen LogP contribution in [-0.2, 0) is 6.18 Å². The van der Waals surface area contributed by atoms with E-state index in [1.165, 1.54) is 34.4 Å². The van der Waals surface area contributed by atoms with E-state index in [1.807, 2.05) is 6.20 Å². The Morgan fingerprint density at radius 3 is 2.57 bits per heavy atom. The first-order valence-electron chi connectivity index (χ1n) is 10.2. The Morgan fingerprint density at radius 2 is 1.83 bits per heavy atom. The molecule has 1 fully saturated rings. The quantitative estimate of drug-likeness (QED) is 0.406. The number of alkyl halides is 3. The minimum atomic E-state index is -4.33. The van der Waals surface area contributed by atoms with Crippen LogP contribution in [0.25, 0.3) is 10.9 Å². The van der Waals surface area contributed by atoms with Gasteiger partial charge in [-0.25, -0.2) is 4.98 Å². The number of unbranched alkanes of at least 4 members (excludes halogenated alkanes) is 1. The Morgan fingerprint density at radius 1 is 1.00 bits per heavy atom. The maximum Gasteiger partial charge on any atom is 0.417 e. The lowest BCUT2D eigenvalue weighted by Crippen LogP contribution is -2.46. The van der Waals surface area contributed by atoms with Crippen LogP contribution in [0.1, 0.15) is 18.4 Å². The van der Waals surface area contributed by atoms with Crippen LogP contribution >= 0.6 is 11.8 Å². The lowest BCUT2D eigenvalue weighted by molar-refractivity contribution is -0.137. The number of nitrogens with one attached hydrogen (secondary N) is 1. The Bertz CT molecular complexity index is 947. The van der Waals surface area contributed by atoms with Gasteiger partial charge in [0.15, 0.2) is 0 Å². The summed E-state index contributed by atoms with van der Waals surface area (Å²) in [5.41, 5.74) is 1.78. The summed E-state index contributed by atoms with van der Waals surface area (Å²) in [6.45, 7) is 5.20. The molecule has 2 aromatic heterocycles. The van der Waals surface area contributed by atoms with E-state index in [0.717, 1.165) is 63.6 Å². The highest BCUT2D eigenvalue weighted by molar-refractivity contribution is 7.99. The van der Waals surface area contributed by atoms with Crippen LogP contribution in [0.3, 0.4) is 0 Å². The summed E-state index contributed by atoms with van der Waals surface area (Å²) in [6, 6.07) is 11.1. The second-order valence-corrected chi connectivity index (χ2v) is 8.60. The van der Waals surface area contributed by atoms with Crippen molar-refractivity contribution < 1.29 is 13.2 Å². The van der Waals surface area contributed by atoms with Crippen molar-refractivity contribution in [2.45, 2.75) is 24.0 Å². The number of halogens is 3. The van der Waals surface area contributed by atoms with Gasteiger partial charge in [-0.3, -0.25) is 4.90 Å². The molecule has 0 spiro atoms. The fraction of sp³-hybridized carbons (Fsp3) is 0.409. The molecule has 160 valence electrons. The van der Waals surface area contributed by atoms with Crippen molar-refractivity contribution in [3.8, 4) is 0 Å². The SMILES string of the molecule is FC(F)(F)c1ccc(SCCCCN2CCN(c3cccc4[nH]ccc34)CC2)nc1. The molecule has 0 unspecified atom stereocenters. The molecular weight excluding hydrogens is 409 g/mol. The van der Waals surface area contributed by atoms with E-state index in [1.54, 1.807) is 0 Å². The standard InChI is InChI=1S/C22H25F3N4S/c23-22(24,25)17-6-7-21(27-16-17)30-15-2-1-10-28-11-13-29(14-12-28)20-5-3-4-19-18(20)8-9-26-19/h3-9,16,26H,1-2,10-15H2. The minimum Gasteiger partial charge on any atom is -0.368 e. The van der Waals surface area contributed by atoms with Gasteiger partial charge in [0.05, 0.1) is 10.6 Å². The van der Waals surface area contributed by atoms with Gasteiger partial charge in [-0.2, -0.15) is 13.2 Å². The molecule has 1 aliphatic rings. The number of aromatic amines is 1. The Balaban J connectivity index is 1.16. The summed E-state index contributed by atoms with van der Waals surface area (Å²) in [4.78, 5) is 12.1. The van der Waals surface area contributed by atoms with Crippen LogP contribution in [0.4, 0.5) is 18.9 Å². The second kappa shape index (κ2) is 9.31. The fourth-order valence-electron chi connectivity index (χ4n) is 3.80. The number of benzene rings is 1. The zero-order chi connectivity index (χ0) is 21.0. The molecule has 3 heterocycles. The number of anilines is 1. The van der Waals surface area contributed by atoms with Crippen LogP contribution in [0, 0.1) is 0 Å². The average Bonchev–Trinajstić information content (AvgIpc) is 3.23. The van der Waals surface area contributed by atoms with Gasteiger partial charge in [0, 0.05) is 55.2 Å². The normalized spacial score (nSPS) is 15.8. The van der Waals surface area contributed by atoms with Crippen molar-refractivity contribution in [1.82, 2.24) is 14.9 Å². The van der Waals surface area contributed by atoms with Crippen molar-refractivity contribution in [1.29, 1.82) is 0 Å². The molecule has 0 radical (unpaired) electrons. The Labute approximate surface area is 178 Å². The number of rotatable bonds is 7. The number of piperazine rings is 1. The molecule has 0 atom stereocenters. The molecule has 30 heavy (non-hydrogen) atoms. The van der Waals surface area contributed by atoms with Gasteiger partial charge in [0.2, 0.25) is 0 Å². The maximum absolute atomic E-state index is 12.6. The van der Waals surface area contributed by atoms with E-state index in [2.05, 4.69) is 44.0 Å². The summed E-state index contributed by atoms with van der Waals surface area (Å²) in [5.74, 6) is 0.869. The van der Waals surface area contributed by atoms with Crippen LogP contribution in [0.5, 0.6) is 0 Å². The van der Waals surface area contributed by atoms with Crippen LogP contribution < -0.4 is 4.90 Å². The highest BCUT2D eigenvalue weighted by Crippen LogP contribution is 2.30. The van der Waals surface area contributed by atoms with Gasteiger partial charge < -0.3 is 9.88 Å². The summed E-state index contributed by atoms with van der Waals surface area (Å²) >= 11 is 1.52. The highest BCUT2D eigenvalue weighted by atomic mass is 32.2. The van der Waals surface area contributed by atoms with E-state index in [9.17, 15) is 13.2 Å².